The van der Waals surface area contributed by atoms with E-state index in [0.29, 0.717) is 6.42 Å². The summed E-state index contributed by atoms with van der Waals surface area (Å²) in [6.07, 6.45) is 13.2. The lowest BCUT2D eigenvalue weighted by Crippen LogP contribution is -2.54. The molecule has 0 aliphatic heterocycles. The number of terminal acetylenes is 1. The number of nitrogens with one attached hydrogen (secondary N) is 1. The van der Waals surface area contributed by atoms with Crippen molar-refractivity contribution in [3.05, 3.63) is 0 Å². The number of nitrogens with two attached hydrogens (primary N) is 1. The smallest absolute Gasteiger partial charge is 0.0857 e. The van der Waals surface area contributed by atoms with Crippen LogP contribution < -0.4 is 11.3 Å². The van der Waals surface area contributed by atoms with E-state index in [1.54, 1.807) is 0 Å². The monoisotopic (exact) mass is 224 g/mol. The fourth-order valence-corrected chi connectivity index (χ4v) is 2.72. The molecule has 0 heterocycles. The number of hydrogen-bond acceptors (Lipinski definition) is 3. The summed E-state index contributed by atoms with van der Waals surface area (Å²) in [6, 6.07) is 0.0792. The molecule has 1 aliphatic rings. The summed E-state index contributed by atoms with van der Waals surface area (Å²) in [6.45, 7) is 2.76. The highest BCUT2D eigenvalue weighted by Crippen LogP contribution is 2.34. The van der Waals surface area contributed by atoms with E-state index in [-0.39, 0.29) is 11.6 Å². The van der Waals surface area contributed by atoms with E-state index in [9.17, 15) is 0 Å². The first-order valence-electron chi connectivity index (χ1n) is 6.32. The highest BCUT2D eigenvalue weighted by molar-refractivity contribution is 5.00. The molecule has 1 fully saturated rings. The Balaban J connectivity index is 2.78. The molecule has 0 amide bonds. The van der Waals surface area contributed by atoms with Gasteiger partial charge in [0.1, 0.15) is 0 Å². The average molecular weight is 224 g/mol. The van der Waals surface area contributed by atoms with Gasteiger partial charge in [-0.05, 0) is 19.8 Å². The maximum absolute atomic E-state index is 6.02. The van der Waals surface area contributed by atoms with Crippen molar-refractivity contribution in [2.75, 3.05) is 6.61 Å². The van der Waals surface area contributed by atoms with Crippen molar-refractivity contribution in [2.24, 2.45) is 5.84 Å². The van der Waals surface area contributed by atoms with Crippen molar-refractivity contribution in [2.45, 2.75) is 63.5 Å². The van der Waals surface area contributed by atoms with Crippen molar-refractivity contribution in [3.63, 3.8) is 0 Å². The Bertz CT molecular complexity index is 227. The zero-order valence-corrected chi connectivity index (χ0v) is 10.3. The first-order chi connectivity index (χ1) is 7.79. The molecule has 1 aliphatic carbocycles. The molecule has 1 rings (SSSR count). The van der Waals surface area contributed by atoms with Crippen LogP contribution in [-0.2, 0) is 4.74 Å². The van der Waals surface area contributed by atoms with Crippen LogP contribution >= 0.6 is 0 Å². The van der Waals surface area contributed by atoms with Crippen LogP contribution in [0.2, 0.25) is 0 Å². The summed E-state index contributed by atoms with van der Waals surface area (Å²) < 4.78 is 6.02. The standard InChI is InChI=1S/C13H24N2O/c1-3-9-12(15-14)13(16-4-2)10-7-5-6-8-11-13/h1,12,15H,4-11,14H2,2H3. The lowest BCUT2D eigenvalue weighted by Gasteiger charge is -2.39. The normalized spacial score (nSPS) is 22.1. The van der Waals surface area contributed by atoms with Gasteiger partial charge in [0.05, 0.1) is 11.6 Å². The van der Waals surface area contributed by atoms with Crippen molar-refractivity contribution >= 4 is 0 Å². The maximum Gasteiger partial charge on any atom is 0.0857 e. The van der Waals surface area contributed by atoms with Gasteiger partial charge in [-0.3, -0.25) is 11.3 Å². The second-order valence-electron chi connectivity index (χ2n) is 4.54. The highest BCUT2D eigenvalue weighted by atomic mass is 16.5. The fourth-order valence-electron chi connectivity index (χ4n) is 2.72. The Labute approximate surface area is 99.1 Å². The molecule has 0 bridgehead atoms. The summed E-state index contributed by atoms with van der Waals surface area (Å²) in [4.78, 5) is 0. The van der Waals surface area contributed by atoms with Gasteiger partial charge in [-0.2, -0.15) is 0 Å². The highest BCUT2D eigenvalue weighted by Gasteiger charge is 2.38. The molecule has 0 saturated heterocycles. The molecule has 3 N–H and O–H groups in total. The predicted octanol–water partition coefficient (Wildman–Crippen LogP) is 1.97. The summed E-state index contributed by atoms with van der Waals surface area (Å²) >= 11 is 0. The third kappa shape index (κ3) is 3.21. The van der Waals surface area contributed by atoms with Crippen molar-refractivity contribution in [1.29, 1.82) is 0 Å². The molecule has 3 nitrogen and oxygen atoms in total. The molecule has 0 aromatic heterocycles. The van der Waals surface area contributed by atoms with Gasteiger partial charge in [0.15, 0.2) is 0 Å². The lowest BCUT2D eigenvalue weighted by atomic mass is 9.84. The molecule has 1 unspecified atom stereocenters. The van der Waals surface area contributed by atoms with Crippen LogP contribution in [0, 0.1) is 12.3 Å². The summed E-state index contributed by atoms with van der Waals surface area (Å²) in [5.74, 6) is 8.33. The minimum absolute atomic E-state index is 0.0792. The third-order valence-corrected chi connectivity index (χ3v) is 3.54. The number of rotatable bonds is 5. The molecule has 0 radical (unpaired) electrons. The van der Waals surface area contributed by atoms with E-state index in [1.165, 1.54) is 25.7 Å². The van der Waals surface area contributed by atoms with Gasteiger partial charge >= 0.3 is 0 Å². The Kier molecular flexibility index (Phi) is 5.83. The first-order valence-corrected chi connectivity index (χ1v) is 6.32. The van der Waals surface area contributed by atoms with Gasteiger partial charge in [-0.15, -0.1) is 12.3 Å². The minimum atomic E-state index is -0.146. The summed E-state index contributed by atoms with van der Waals surface area (Å²) in [5, 5.41) is 0. The van der Waals surface area contributed by atoms with Crippen molar-refractivity contribution in [1.82, 2.24) is 5.43 Å². The molecule has 0 aromatic rings. The number of hydrogen-bond donors (Lipinski definition) is 2. The Hall–Kier alpha value is -0.560. The Morgan fingerprint density at radius 3 is 2.44 bits per heavy atom. The largest absolute Gasteiger partial charge is 0.374 e. The third-order valence-electron chi connectivity index (χ3n) is 3.54. The van der Waals surface area contributed by atoms with E-state index in [2.05, 4.69) is 11.3 Å². The number of ether oxygens (including phenoxy) is 1. The van der Waals surface area contributed by atoms with Gasteiger partial charge < -0.3 is 4.74 Å². The predicted molar refractivity (Wildman–Crippen MR) is 66.6 cm³/mol. The van der Waals surface area contributed by atoms with E-state index in [4.69, 9.17) is 17.0 Å². The minimum Gasteiger partial charge on any atom is -0.374 e. The Morgan fingerprint density at radius 2 is 2.00 bits per heavy atom. The lowest BCUT2D eigenvalue weighted by molar-refractivity contribution is -0.0758. The molecule has 0 spiro atoms. The van der Waals surface area contributed by atoms with E-state index in [0.717, 1.165) is 19.4 Å². The topological polar surface area (TPSA) is 47.3 Å². The summed E-state index contributed by atoms with van der Waals surface area (Å²) in [5.41, 5.74) is 2.71. The van der Waals surface area contributed by atoms with E-state index in [1.807, 2.05) is 6.92 Å². The van der Waals surface area contributed by atoms with Crippen LogP contribution in [0.5, 0.6) is 0 Å². The van der Waals surface area contributed by atoms with Crippen LogP contribution in [0.1, 0.15) is 51.9 Å². The van der Waals surface area contributed by atoms with Gasteiger partial charge in [0.2, 0.25) is 0 Å². The average Bonchev–Trinajstić information content (AvgIpc) is 2.53. The molecule has 3 heteroatoms. The second kappa shape index (κ2) is 6.90. The van der Waals surface area contributed by atoms with Gasteiger partial charge in [0.25, 0.3) is 0 Å². The van der Waals surface area contributed by atoms with Crippen LogP contribution in [-0.4, -0.2) is 18.2 Å². The maximum atomic E-state index is 6.02. The molecule has 92 valence electrons. The van der Waals surface area contributed by atoms with Gasteiger partial charge in [-0.25, -0.2) is 0 Å². The molecular weight excluding hydrogens is 200 g/mol. The van der Waals surface area contributed by atoms with Crippen LogP contribution in [0.4, 0.5) is 0 Å². The van der Waals surface area contributed by atoms with E-state index >= 15 is 0 Å². The molecule has 1 atom stereocenters. The molecule has 16 heavy (non-hydrogen) atoms. The zero-order valence-electron chi connectivity index (χ0n) is 10.3. The fraction of sp³-hybridized carbons (Fsp3) is 0.846. The first kappa shape index (κ1) is 13.5. The summed E-state index contributed by atoms with van der Waals surface area (Å²) in [7, 11) is 0. The van der Waals surface area contributed by atoms with Crippen LogP contribution in [0.25, 0.3) is 0 Å². The second-order valence-corrected chi connectivity index (χ2v) is 4.54. The van der Waals surface area contributed by atoms with Crippen LogP contribution in [0.3, 0.4) is 0 Å². The van der Waals surface area contributed by atoms with E-state index < -0.39 is 0 Å². The van der Waals surface area contributed by atoms with Crippen LogP contribution in [0.15, 0.2) is 0 Å². The SMILES string of the molecule is C#CCC(NN)C1(OCC)CCCCCC1. The van der Waals surface area contributed by atoms with Gasteiger partial charge in [-0.1, -0.05) is 25.7 Å². The molecule has 0 aromatic carbocycles. The zero-order chi connectivity index (χ0) is 11.9. The molecule has 1 saturated carbocycles. The quantitative estimate of drug-likeness (QED) is 0.325. The van der Waals surface area contributed by atoms with Crippen molar-refractivity contribution < 1.29 is 4.74 Å². The molecular formula is C13H24N2O. The van der Waals surface area contributed by atoms with Gasteiger partial charge in [0, 0.05) is 13.0 Å². The number of hydrazine groups is 1. The Morgan fingerprint density at radius 1 is 1.38 bits per heavy atom. The van der Waals surface area contributed by atoms with Crippen molar-refractivity contribution in [3.8, 4) is 12.3 Å².